The minimum Gasteiger partial charge on any atom is -0.396 e. The average Bonchev–Trinajstić information content (AvgIpc) is 3.14. The van der Waals surface area contributed by atoms with Crippen LogP contribution in [0, 0.1) is 11.8 Å². The van der Waals surface area contributed by atoms with E-state index in [9.17, 15) is 19.5 Å². The summed E-state index contributed by atoms with van der Waals surface area (Å²) < 4.78 is 1.73. The van der Waals surface area contributed by atoms with Gasteiger partial charge in [-0.3, -0.25) is 14.4 Å². The topological polar surface area (TPSA) is 107 Å². The monoisotopic (exact) mass is 481 g/mol. The first-order valence-electron chi connectivity index (χ1n) is 12.1. The summed E-state index contributed by atoms with van der Waals surface area (Å²) in [4.78, 5) is 42.7. The molecule has 2 aliphatic rings. The number of carbonyl (C=O) groups excluding carboxylic acids is 2. The summed E-state index contributed by atoms with van der Waals surface area (Å²) in [6.45, 7) is 1.69. The largest absolute Gasteiger partial charge is 0.396 e. The summed E-state index contributed by atoms with van der Waals surface area (Å²) >= 11 is 0. The molecule has 1 saturated heterocycles. The van der Waals surface area contributed by atoms with Crippen molar-refractivity contribution < 1.29 is 14.7 Å². The van der Waals surface area contributed by atoms with E-state index in [4.69, 9.17) is 0 Å². The Morgan fingerprint density at radius 3 is 2.63 bits per heavy atom. The van der Waals surface area contributed by atoms with Gasteiger partial charge < -0.3 is 30.1 Å². The van der Waals surface area contributed by atoms with Gasteiger partial charge >= 0.3 is 0 Å². The van der Waals surface area contributed by atoms with Crippen LogP contribution in [0.4, 0.5) is 0 Å². The molecule has 9 nitrogen and oxygen atoms in total. The van der Waals surface area contributed by atoms with Crippen molar-refractivity contribution in [3.63, 3.8) is 0 Å². The van der Waals surface area contributed by atoms with Crippen LogP contribution in [0.15, 0.2) is 41.2 Å². The Morgan fingerprint density at radius 1 is 1.17 bits per heavy atom. The fourth-order valence-electron chi connectivity index (χ4n) is 5.27. The second-order valence-corrected chi connectivity index (χ2v) is 9.94. The van der Waals surface area contributed by atoms with Crippen LogP contribution in [0.2, 0.25) is 0 Å². The van der Waals surface area contributed by atoms with E-state index in [1.54, 1.807) is 42.9 Å². The molecule has 35 heavy (non-hydrogen) atoms. The molecular formula is C26H35N5O4. The van der Waals surface area contributed by atoms with Crippen molar-refractivity contribution in [1.82, 2.24) is 25.0 Å². The second-order valence-electron chi connectivity index (χ2n) is 9.94. The lowest BCUT2D eigenvalue weighted by molar-refractivity contribution is -0.127. The molecule has 4 atom stereocenters. The van der Waals surface area contributed by atoms with Gasteiger partial charge in [-0.2, -0.15) is 0 Å². The summed E-state index contributed by atoms with van der Waals surface area (Å²) in [5, 5.41) is 16.6. The van der Waals surface area contributed by atoms with E-state index in [2.05, 4.69) is 15.5 Å². The van der Waals surface area contributed by atoms with Crippen LogP contribution in [0.5, 0.6) is 0 Å². The molecule has 2 bridgehead atoms. The van der Waals surface area contributed by atoms with Gasteiger partial charge in [-0.05, 0) is 56.9 Å². The normalized spacial score (nSPS) is 22.7. The third-order valence-electron chi connectivity index (χ3n) is 7.06. The van der Waals surface area contributed by atoms with Crippen LogP contribution < -0.4 is 16.2 Å². The molecule has 188 valence electrons. The molecule has 4 rings (SSSR count). The number of nitrogens with one attached hydrogen (secondary N) is 2. The van der Waals surface area contributed by atoms with Gasteiger partial charge in [0.05, 0.1) is 12.0 Å². The number of fused-ring (bicyclic) bond motifs is 4. The molecule has 0 aliphatic carbocycles. The van der Waals surface area contributed by atoms with Crippen molar-refractivity contribution in [2.45, 2.75) is 25.0 Å². The number of hydrogen-bond donors (Lipinski definition) is 3. The van der Waals surface area contributed by atoms with Gasteiger partial charge in [-0.25, -0.2) is 0 Å². The lowest BCUT2D eigenvalue weighted by Crippen LogP contribution is -2.43. The number of hydrogen-bond acceptors (Lipinski definition) is 6. The van der Waals surface area contributed by atoms with Crippen LogP contribution >= 0.6 is 0 Å². The highest BCUT2D eigenvalue weighted by Gasteiger charge is 2.50. The molecule has 1 aromatic heterocycles. The number of aromatic nitrogens is 1. The van der Waals surface area contributed by atoms with E-state index < -0.39 is 5.92 Å². The zero-order chi connectivity index (χ0) is 25.3. The number of carbonyl (C=O) groups is 2. The van der Waals surface area contributed by atoms with Gasteiger partial charge in [0.2, 0.25) is 5.91 Å². The summed E-state index contributed by atoms with van der Waals surface area (Å²) in [6.07, 6.45) is 0.839. The molecular weight excluding hydrogens is 446 g/mol. The SMILES string of the molecule is CN(C)CCCNC(=O)[C@@H]1[C@@H](CO)[C@@H]2Cn3c(ccc(-c4cccc(C(=O)N(C)C)c4)c3=O)[C@H]1N2. The van der Waals surface area contributed by atoms with Crippen molar-refractivity contribution in [3.8, 4) is 11.1 Å². The number of benzene rings is 1. The third kappa shape index (κ3) is 4.89. The predicted molar refractivity (Wildman–Crippen MR) is 134 cm³/mol. The number of amides is 2. The van der Waals surface area contributed by atoms with Gasteiger partial charge in [0, 0.05) is 62.6 Å². The fraction of sp³-hybridized carbons (Fsp3) is 0.500. The first kappa shape index (κ1) is 25.1. The second kappa shape index (κ2) is 10.3. The number of aliphatic hydroxyl groups is 1. The fourth-order valence-corrected chi connectivity index (χ4v) is 5.27. The quantitative estimate of drug-likeness (QED) is 0.475. The van der Waals surface area contributed by atoms with E-state index in [0.717, 1.165) is 18.7 Å². The maximum Gasteiger partial charge on any atom is 0.258 e. The Bertz CT molecular complexity index is 1160. The summed E-state index contributed by atoms with van der Waals surface area (Å²) in [7, 11) is 7.37. The van der Waals surface area contributed by atoms with Crippen molar-refractivity contribution in [2.24, 2.45) is 11.8 Å². The number of pyridine rings is 1. The zero-order valence-corrected chi connectivity index (χ0v) is 20.8. The minimum absolute atomic E-state index is 0.0947. The van der Waals surface area contributed by atoms with Crippen molar-refractivity contribution >= 4 is 11.8 Å². The summed E-state index contributed by atoms with van der Waals surface area (Å²) in [6, 6.07) is 10.2. The molecule has 0 spiro atoms. The van der Waals surface area contributed by atoms with Crippen LogP contribution in [-0.2, 0) is 11.3 Å². The van der Waals surface area contributed by atoms with Crippen molar-refractivity contribution in [1.29, 1.82) is 0 Å². The summed E-state index contributed by atoms with van der Waals surface area (Å²) in [5.74, 6) is -0.956. The lowest BCUT2D eigenvalue weighted by Gasteiger charge is -2.28. The molecule has 1 aromatic carbocycles. The molecule has 3 N–H and O–H groups in total. The molecule has 2 amide bonds. The van der Waals surface area contributed by atoms with Crippen LogP contribution in [-0.4, -0.2) is 85.2 Å². The van der Waals surface area contributed by atoms with E-state index in [1.807, 2.05) is 26.2 Å². The standard InChI is InChI=1S/C26H35N5O4/c1-29(2)12-6-11-27-24(33)22-19(15-32)20-14-31-21(23(22)28-20)10-9-18(26(31)35)16-7-5-8-17(13-16)25(34)30(3)4/h5,7-10,13,19-20,22-23,28,32H,6,11-12,14-15H2,1-4H3,(H,27,33)/t19-,20-,22+,23+/m0/s1. The highest BCUT2D eigenvalue weighted by molar-refractivity contribution is 5.95. The lowest BCUT2D eigenvalue weighted by atomic mass is 9.86. The molecule has 0 unspecified atom stereocenters. The smallest absolute Gasteiger partial charge is 0.258 e. The van der Waals surface area contributed by atoms with Gasteiger partial charge in [0.25, 0.3) is 11.5 Å². The molecule has 9 heteroatoms. The highest BCUT2D eigenvalue weighted by atomic mass is 16.3. The molecule has 2 aromatic rings. The number of nitrogens with zero attached hydrogens (tertiary/aromatic N) is 3. The van der Waals surface area contributed by atoms with E-state index in [0.29, 0.717) is 29.8 Å². The number of aliphatic hydroxyl groups excluding tert-OH is 1. The Labute approximate surface area is 205 Å². The van der Waals surface area contributed by atoms with Crippen LogP contribution in [0.3, 0.4) is 0 Å². The van der Waals surface area contributed by atoms with E-state index in [-0.39, 0.29) is 42.0 Å². The van der Waals surface area contributed by atoms with Gasteiger partial charge in [0.15, 0.2) is 0 Å². The Morgan fingerprint density at radius 2 is 1.94 bits per heavy atom. The highest BCUT2D eigenvalue weighted by Crippen LogP contribution is 2.41. The van der Waals surface area contributed by atoms with Crippen molar-refractivity contribution in [2.75, 3.05) is 47.9 Å². The van der Waals surface area contributed by atoms with Gasteiger partial charge in [-0.1, -0.05) is 12.1 Å². The molecule has 3 heterocycles. The molecule has 0 saturated carbocycles. The molecule has 0 radical (unpaired) electrons. The van der Waals surface area contributed by atoms with Crippen LogP contribution in [0.25, 0.3) is 11.1 Å². The predicted octanol–water partition coefficient (Wildman–Crippen LogP) is 0.536. The average molecular weight is 482 g/mol. The Kier molecular flexibility index (Phi) is 7.39. The van der Waals surface area contributed by atoms with E-state index in [1.165, 1.54) is 4.90 Å². The van der Waals surface area contributed by atoms with Crippen LogP contribution in [0.1, 0.15) is 28.5 Å². The van der Waals surface area contributed by atoms with E-state index >= 15 is 0 Å². The van der Waals surface area contributed by atoms with Gasteiger partial charge in [-0.15, -0.1) is 0 Å². The molecule has 1 fully saturated rings. The summed E-state index contributed by atoms with van der Waals surface area (Å²) in [5.41, 5.74) is 2.30. The third-order valence-corrected chi connectivity index (χ3v) is 7.06. The van der Waals surface area contributed by atoms with Crippen molar-refractivity contribution in [3.05, 3.63) is 58.0 Å². The Hall–Kier alpha value is -3.01. The maximum atomic E-state index is 13.6. The maximum absolute atomic E-state index is 13.6. The number of rotatable bonds is 8. The first-order chi connectivity index (χ1) is 16.7. The molecule has 2 aliphatic heterocycles. The minimum atomic E-state index is -0.454. The van der Waals surface area contributed by atoms with Gasteiger partial charge in [0.1, 0.15) is 0 Å². The Balaban J connectivity index is 1.63. The zero-order valence-electron chi connectivity index (χ0n) is 20.8. The first-order valence-corrected chi connectivity index (χ1v) is 12.1.